The third kappa shape index (κ3) is 3.38. The van der Waals surface area contributed by atoms with E-state index >= 15 is 0 Å². The first-order valence-corrected chi connectivity index (χ1v) is 8.05. The quantitative estimate of drug-likeness (QED) is 0.799. The highest BCUT2D eigenvalue weighted by atomic mass is 32.2. The van der Waals surface area contributed by atoms with E-state index in [0.717, 1.165) is 11.7 Å². The fourth-order valence-corrected chi connectivity index (χ4v) is 3.82. The van der Waals surface area contributed by atoms with Crippen molar-refractivity contribution >= 4 is 11.8 Å². The monoisotopic (exact) mass is 243 g/mol. The van der Waals surface area contributed by atoms with E-state index < -0.39 is 0 Å². The number of rotatable bonds is 3. The minimum absolute atomic E-state index is 0.0907. The molecular formula is C13H25NOS. The van der Waals surface area contributed by atoms with Crippen molar-refractivity contribution in [3.63, 3.8) is 0 Å². The van der Waals surface area contributed by atoms with Crippen LogP contribution < -0.4 is 5.32 Å². The molecule has 2 atom stereocenters. The summed E-state index contributed by atoms with van der Waals surface area (Å²) in [4.78, 5) is 0. The molecule has 0 spiro atoms. The molecule has 2 aliphatic rings. The average Bonchev–Trinajstić information content (AvgIpc) is 2.33. The van der Waals surface area contributed by atoms with Gasteiger partial charge in [0, 0.05) is 17.3 Å². The third-order valence-electron chi connectivity index (χ3n) is 4.19. The van der Waals surface area contributed by atoms with E-state index in [4.69, 9.17) is 0 Å². The van der Waals surface area contributed by atoms with E-state index in [1.807, 2.05) is 11.8 Å². The summed E-state index contributed by atoms with van der Waals surface area (Å²) in [6, 6.07) is 1.05. The van der Waals surface area contributed by atoms with Crippen LogP contribution in [0.25, 0.3) is 0 Å². The highest BCUT2D eigenvalue weighted by Crippen LogP contribution is 2.28. The number of aliphatic hydroxyl groups excluding tert-OH is 1. The smallest absolute Gasteiger partial charge is 0.0693 e. The van der Waals surface area contributed by atoms with Gasteiger partial charge in [-0.3, -0.25) is 0 Å². The first-order chi connectivity index (χ1) is 7.79. The number of thioether (sulfide) groups is 1. The van der Waals surface area contributed by atoms with Crippen LogP contribution in [0.5, 0.6) is 0 Å². The highest BCUT2D eigenvalue weighted by Gasteiger charge is 2.27. The molecule has 0 aromatic carbocycles. The molecule has 0 saturated heterocycles. The number of hydrogen-bond donors (Lipinski definition) is 2. The van der Waals surface area contributed by atoms with E-state index in [2.05, 4.69) is 11.6 Å². The Bertz CT molecular complexity index is 204. The van der Waals surface area contributed by atoms with Crippen molar-refractivity contribution in [2.45, 2.75) is 74.8 Å². The largest absolute Gasteiger partial charge is 0.392 e. The first kappa shape index (κ1) is 12.7. The molecule has 2 nitrogen and oxygen atoms in total. The highest BCUT2D eigenvalue weighted by molar-refractivity contribution is 7.99. The molecule has 0 radical (unpaired) electrons. The fraction of sp³-hybridized carbons (Fsp3) is 1.00. The molecule has 0 heterocycles. The summed E-state index contributed by atoms with van der Waals surface area (Å²) >= 11 is 2.02. The lowest BCUT2D eigenvalue weighted by atomic mass is 9.89. The zero-order chi connectivity index (χ0) is 11.4. The van der Waals surface area contributed by atoms with Gasteiger partial charge in [-0.15, -0.1) is 0 Å². The summed E-state index contributed by atoms with van der Waals surface area (Å²) in [6.45, 7) is 0. The Balaban J connectivity index is 1.73. The van der Waals surface area contributed by atoms with Crippen LogP contribution in [-0.4, -0.2) is 34.8 Å². The van der Waals surface area contributed by atoms with Gasteiger partial charge < -0.3 is 10.4 Å². The standard InChI is InChI=1S/C13H25NOS/c1-16-11-8-6-10(7-9-11)14-12-4-2-3-5-13(12)15/h10-15H,2-9H2,1H3. The Morgan fingerprint density at radius 3 is 2.31 bits per heavy atom. The van der Waals surface area contributed by atoms with E-state index in [9.17, 15) is 5.11 Å². The van der Waals surface area contributed by atoms with Crippen molar-refractivity contribution in [1.29, 1.82) is 0 Å². The normalized spacial score (nSPS) is 40.9. The van der Waals surface area contributed by atoms with Crippen molar-refractivity contribution < 1.29 is 5.11 Å². The van der Waals surface area contributed by atoms with Gasteiger partial charge in [0.05, 0.1) is 6.10 Å². The van der Waals surface area contributed by atoms with Crippen molar-refractivity contribution in [2.75, 3.05) is 6.26 Å². The summed E-state index contributed by atoms with van der Waals surface area (Å²) in [7, 11) is 0. The Hall–Kier alpha value is 0.270. The van der Waals surface area contributed by atoms with Gasteiger partial charge in [-0.1, -0.05) is 12.8 Å². The molecule has 0 amide bonds. The van der Waals surface area contributed by atoms with Crippen LogP contribution in [0.2, 0.25) is 0 Å². The molecule has 2 saturated carbocycles. The van der Waals surface area contributed by atoms with Crippen molar-refractivity contribution in [3.8, 4) is 0 Å². The predicted octanol–water partition coefficient (Wildman–Crippen LogP) is 2.55. The minimum Gasteiger partial charge on any atom is -0.392 e. The van der Waals surface area contributed by atoms with Gasteiger partial charge in [-0.25, -0.2) is 0 Å². The molecule has 2 unspecified atom stereocenters. The molecule has 0 aromatic rings. The maximum absolute atomic E-state index is 9.93. The SMILES string of the molecule is CSC1CCC(NC2CCCCC2O)CC1. The summed E-state index contributed by atoms with van der Waals surface area (Å²) in [5.74, 6) is 0. The van der Waals surface area contributed by atoms with E-state index in [-0.39, 0.29) is 6.10 Å². The summed E-state index contributed by atoms with van der Waals surface area (Å²) in [6.07, 6.45) is 12.1. The van der Waals surface area contributed by atoms with Gasteiger partial charge in [-0.2, -0.15) is 11.8 Å². The van der Waals surface area contributed by atoms with Crippen LogP contribution in [0.15, 0.2) is 0 Å². The van der Waals surface area contributed by atoms with Gasteiger partial charge in [-0.05, 0) is 44.8 Å². The van der Waals surface area contributed by atoms with Gasteiger partial charge >= 0.3 is 0 Å². The second-order valence-electron chi connectivity index (χ2n) is 5.33. The Morgan fingerprint density at radius 1 is 1.00 bits per heavy atom. The van der Waals surface area contributed by atoms with Crippen LogP contribution in [0, 0.1) is 0 Å². The third-order valence-corrected chi connectivity index (χ3v) is 5.32. The summed E-state index contributed by atoms with van der Waals surface area (Å²) in [5.41, 5.74) is 0. The summed E-state index contributed by atoms with van der Waals surface area (Å²) < 4.78 is 0. The lowest BCUT2D eigenvalue weighted by Gasteiger charge is -2.35. The van der Waals surface area contributed by atoms with Crippen LogP contribution >= 0.6 is 11.8 Å². The van der Waals surface area contributed by atoms with Crippen molar-refractivity contribution in [1.82, 2.24) is 5.32 Å². The Labute approximate surface area is 104 Å². The Kier molecular flexibility index (Phi) is 4.98. The van der Waals surface area contributed by atoms with Gasteiger partial charge in [0.15, 0.2) is 0 Å². The minimum atomic E-state index is -0.0907. The molecule has 0 aromatic heterocycles. The van der Waals surface area contributed by atoms with E-state index in [1.54, 1.807) is 0 Å². The van der Waals surface area contributed by atoms with Crippen molar-refractivity contribution in [2.24, 2.45) is 0 Å². The molecule has 0 bridgehead atoms. The van der Waals surface area contributed by atoms with Crippen LogP contribution in [0.4, 0.5) is 0 Å². The lowest BCUT2D eigenvalue weighted by Crippen LogP contribution is -2.48. The van der Waals surface area contributed by atoms with Crippen LogP contribution in [0.3, 0.4) is 0 Å². The molecule has 2 N–H and O–H groups in total. The number of nitrogens with one attached hydrogen (secondary N) is 1. The lowest BCUT2D eigenvalue weighted by molar-refractivity contribution is 0.0817. The molecule has 0 aliphatic heterocycles. The van der Waals surface area contributed by atoms with Gasteiger partial charge in [0.25, 0.3) is 0 Å². The van der Waals surface area contributed by atoms with Gasteiger partial charge in [0.2, 0.25) is 0 Å². The van der Waals surface area contributed by atoms with Crippen LogP contribution in [-0.2, 0) is 0 Å². The number of hydrogen-bond acceptors (Lipinski definition) is 3. The van der Waals surface area contributed by atoms with E-state index in [0.29, 0.717) is 12.1 Å². The molecule has 2 fully saturated rings. The maximum atomic E-state index is 9.93. The first-order valence-electron chi connectivity index (χ1n) is 6.76. The molecule has 16 heavy (non-hydrogen) atoms. The van der Waals surface area contributed by atoms with E-state index in [1.165, 1.54) is 44.9 Å². The van der Waals surface area contributed by atoms with Gasteiger partial charge in [0.1, 0.15) is 0 Å². The second-order valence-corrected chi connectivity index (χ2v) is 6.47. The fourth-order valence-electron chi connectivity index (χ4n) is 3.07. The molecule has 2 rings (SSSR count). The zero-order valence-corrected chi connectivity index (χ0v) is 11.1. The molecule has 2 aliphatic carbocycles. The van der Waals surface area contributed by atoms with Crippen molar-refractivity contribution in [3.05, 3.63) is 0 Å². The molecule has 94 valence electrons. The Morgan fingerprint density at radius 2 is 1.69 bits per heavy atom. The predicted molar refractivity (Wildman–Crippen MR) is 71.0 cm³/mol. The maximum Gasteiger partial charge on any atom is 0.0693 e. The molecular weight excluding hydrogens is 218 g/mol. The topological polar surface area (TPSA) is 32.3 Å². The van der Waals surface area contributed by atoms with Crippen LogP contribution in [0.1, 0.15) is 51.4 Å². The zero-order valence-electron chi connectivity index (χ0n) is 10.3. The average molecular weight is 243 g/mol. The summed E-state index contributed by atoms with van der Waals surface area (Å²) in [5, 5.41) is 14.5. The number of aliphatic hydroxyl groups is 1. The second kappa shape index (κ2) is 6.27. The molecule has 3 heteroatoms.